The van der Waals surface area contributed by atoms with Crippen LogP contribution in [0.15, 0.2) is 35.3 Å². The Morgan fingerprint density at radius 1 is 1.23 bits per heavy atom. The van der Waals surface area contributed by atoms with Crippen molar-refractivity contribution in [2.45, 2.75) is 58.0 Å². The highest BCUT2D eigenvalue weighted by molar-refractivity contribution is 6.07. The van der Waals surface area contributed by atoms with Crippen molar-refractivity contribution in [2.24, 2.45) is 10.4 Å². The zero-order valence-corrected chi connectivity index (χ0v) is 21.0. The molecule has 1 aromatic carbocycles. The summed E-state index contributed by atoms with van der Waals surface area (Å²) in [6, 6.07) is 10.7. The molecule has 190 valence electrons. The molecule has 2 fully saturated rings. The van der Waals surface area contributed by atoms with E-state index in [1.807, 2.05) is 51.1 Å². The fraction of sp³-hybridized carbons (Fsp3) is 0.615. The highest BCUT2D eigenvalue weighted by Crippen LogP contribution is 2.32. The molecule has 2 aliphatic rings. The van der Waals surface area contributed by atoms with Gasteiger partial charge in [-0.1, -0.05) is 51.1 Å². The van der Waals surface area contributed by atoms with E-state index in [2.05, 4.69) is 21.6 Å². The van der Waals surface area contributed by atoms with E-state index in [0.29, 0.717) is 44.6 Å². The maximum absolute atomic E-state index is 13.3. The van der Waals surface area contributed by atoms with Crippen LogP contribution in [0.1, 0.15) is 52.0 Å². The normalized spacial score (nSPS) is 19.1. The summed E-state index contributed by atoms with van der Waals surface area (Å²) in [7, 11) is 0. The fourth-order valence-corrected chi connectivity index (χ4v) is 4.05. The van der Waals surface area contributed by atoms with E-state index < -0.39 is 17.7 Å². The van der Waals surface area contributed by atoms with Crippen molar-refractivity contribution in [3.05, 3.63) is 35.9 Å². The van der Waals surface area contributed by atoms with Crippen LogP contribution in [0.3, 0.4) is 0 Å². The van der Waals surface area contributed by atoms with Crippen LogP contribution < -0.4 is 10.6 Å². The minimum absolute atomic E-state index is 0.203. The van der Waals surface area contributed by atoms with Gasteiger partial charge in [-0.05, 0) is 31.1 Å². The van der Waals surface area contributed by atoms with Crippen LogP contribution in [0.4, 0.5) is 4.79 Å². The molecule has 1 aliphatic carbocycles. The van der Waals surface area contributed by atoms with Crippen LogP contribution in [-0.4, -0.2) is 73.8 Å². The lowest BCUT2D eigenvalue weighted by molar-refractivity contribution is -0.125. The summed E-state index contributed by atoms with van der Waals surface area (Å²) in [4.78, 5) is 32.8. The lowest BCUT2D eigenvalue weighted by atomic mass is 9.77. The lowest BCUT2D eigenvalue weighted by Crippen LogP contribution is -2.55. The first-order valence-electron chi connectivity index (χ1n) is 12.3. The van der Waals surface area contributed by atoms with Gasteiger partial charge in [0, 0.05) is 25.2 Å². The molecular weight excluding hydrogens is 446 g/mol. The first-order valence-corrected chi connectivity index (χ1v) is 12.3. The van der Waals surface area contributed by atoms with Crippen LogP contribution in [0, 0.1) is 16.7 Å². The molecule has 0 spiro atoms. The largest absolute Gasteiger partial charge is 0.448 e. The molecule has 1 saturated heterocycles. The number of amides is 2. The smallest absolute Gasteiger partial charge is 0.412 e. The Bertz CT molecular complexity index is 925. The molecule has 0 bridgehead atoms. The number of hydrogen-bond acceptors (Lipinski definition) is 7. The quantitative estimate of drug-likeness (QED) is 0.434. The number of nitrogens with zero attached hydrogens (tertiary/aromatic N) is 3. The van der Waals surface area contributed by atoms with Crippen molar-refractivity contribution >= 4 is 17.8 Å². The van der Waals surface area contributed by atoms with Gasteiger partial charge in [-0.15, -0.1) is 0 Å². The Morgan fingerprint density at radius 3 is 2.49 bits per heavy atom. The number of aliphatic imine (C=N–C) groups is 1. The Hall–Kier alpha value is -2.96. The van der Waals surface area contributed by atoms with Crippen molar-refractivity contribution < 1.29 is 19.1 Å². The molecule has 1 saturated carbocycles. The van der Waals surface area contributed by atoms with Crippen molar-refractivity contribution in [2.75, 3.05) is 39.5 Å². The van der Waals surface area contributed by atoms with Gasteiger partial charge >= 0.3 is 6.09 Å². The maximum Gasteiger partial charge on any atom is 0.412 e. The second-order valence-electron chi connectivity index (χ2n) is 10.4. The van der Waals surface area contributed by atoms with Gasteiger partial charge < -0.3 is 14.8 Å². The summed E-state index contributed by atoms with van der Waals surface area (Å²) in [5.41, 5.74) is -0.352. The van der Waals surface area contributed by atoms with Gasteiger partial charge in [-0.25, -0.2) is 4.79 Å². The number of carbonyl (C=O) groups excluding carboxylic acids is 2. The van der Waals surface area contributed by atoms with E-state index in [0.717, 1.165) is 19.5 Å². The van der Waals surface area contributed by atoms with Gasteiger partial charge in [0.1, 0.15) is 24.0 Å². The number of alkyl carbamates (subject to hydrolysis) is 1. The third kappa shape index (κ3) is 8.34. The number of amidine groups is 1. The summed E-state index contributed by atoms with van der Waals surface area (Å²) < 4.78 is 10.7. The van der Waals surface area contributed by atoms with E-state index in [1.165, 1.54) is 0 Å². The molecule has 9 heteroatoms. The van der Waals surface area contributed by atoms with Crippen LogP contribution in [-0.2, 0) is 14.3 Å². The number of carbonyl (C=O) groups is 2. The number of hydrogen-bond donors (Lipinski definition) is 2. The second-order valence-corrected chi connectivity index (χ2v) is 10.4. The minimum atomic E-state index is -0.818. The summed E-state index contributed by atoms with van der Waals surface area (Å²) >= 11 is 0. The Labute approximate surface area is 207 Å². The number of benzene rings is 1. The van der Waals surface area contributed by atoms with E-state index >= 15 is 0 Å². The van der Waals surface area contributed by atoms with Crippen LogP contribution >= 0.6 is 0 Å². The molecule has 35 heavy (non-hydrogen) atoms. The van der Waals surface area contributed by atoms with E-state index in [9.17, 15) is 14.9 Å². The average molecular weight is 484 g/mol. The highest BCUT2D eigenvalue weighted by atomic mass is 16.5. The molecule has 3 rings (SSSR count). The molecule has 1 aromatic rings. The van der Waals surface area contributed by atoms with Gasteiger partial charge in [0.25, 0.3) is 0 Å². The number of rotatable bonds is 8. The highest BCUT2D eigenvalue weighted by Gasteiger charge is 2.40. The van der Waals surface area contributed by atoms with Gasteiger partial charge in [0.2, 0.25) is 5.91 Å². The third-order valence-corrected chi connectivity index (χ3v) is 6.19. The van der Waals surface area contributed by atoms with Gasteiger partial charge in [0.15, 0.2) is 0 Å². The van der Waals surface area contributed by atoms with Crippen LogP contribution in [0.5, 0.6) is 0 Å². The first-order chi connectivity index (χ1) is 16.7. The molecule has 0 aromatic heterocycles. The van der Waals surface area contributed by atoms with Crippen molar-refractivity contribution in [3.63, 3.8) is 0 Å². The van der Waals surface area contributed by atoms with Crippen LogP contribution in [0.2, 0.25) is 0 Å². The maximum atomic E-state index is 13.3. The van der Waals surface area contributed by atoms with Gasteiger partial charge in [-0.2, -0.15) is 5.26 Å². The zero-order chi connectivity index (χ0) is 25.3. The molecule has 2 amide bonds. The Morgan fingerprint density at radius 2 is 1.91 bits per heavy atom. The summed E-state index contributed by atoms with van der Waals surface area (Å²) in [6.45, 7) is 9.95. The summed E-state index contributed by atoms with van der Waals surface area (Å²) in [5.74, 6) is -0.0388. The summed E-state index contributed by atoms with van der Waals surface area (Å²) in [5, 5.41) is 15.2. The van der Waals surface area contributed by atoms with E-state index in [-0.39, 0.29) is 23.8 Å². The topological polar surface area (TPSA) is 116 Å². The van der Waals surface area contributed by atoms with Crippen molar-refractivity contribution in [3.8, 4) is 6.07 Å². The number of nitriles is 1. The molecule has 1 aliphatic heterocycles. The molecule has 1 heterocycles. The van der Waals surface area contributed by atoms with Gasteiger partial charge in [-0.3, -0.25) is 20.0 Å². The van der Waals surface area contributed by atoms with E-state index in [1.54, 1.807) is 0 Å². The lowest BCUT2D eigenvalue weighted by Gasteiger charge is -2.37. The summed E-state index contributed by atoms with van der Waals surface area (Å²) in [6.07, 6.45) is 2.02. The Balaban J connectivity index is 1.74. The average Bonchev–Trinajstić information content (AvgIpc) is 2.81. The van der Waals surface area contributed by atoms with Crippen LogP contribution in [0.25, 0.3) is 0 Å². The minimum Gasteiger partial charge on any atom is -0.448 e. The first kappa shape index (κ1) is 26.6. The van der Waals surface area contributed by atoms with Gasteiger partial charge in [0.05, 0.1) is 19.3 Å². The number of ether oxygens (including phenoxy) is 2. The predicted molar refractivity (Wildman–Crippen MR) is 133 cm³/mol. The molecule has 1 atom stereocenters. The number of nitrogens with one attached hydrogen (secondary N) is 2. The number of morpholine rings is 1. The fourth-order valence-electron chi connectivity index (χ4n) is 4.05. The molecule has 0 unspecified atom stereocenters. The standard InChI is InChI=1S/C26H37N5O4/c1-25(2,3)18-21(23(32)30-26(19-27)10-7-11-26)28-22(20-8-5-4-6-9-20)29-24(33)35-17-14-31-12-15-34-16-13-31/h4-6,8-9,21H,7,10-18H2,1-3H3,(H,30,32)(H,28,29,33)/t21-/m0/s1. The third-order valence-electron chi connectivity index (χ3n) is 6.19. The van der Waals surface area contributed by atoms with Crippen molar-refractivity contribution in [1.82, 2.24) is 15.5 Å². The second kappa shape index (κ2) is 12.1. The Kier molecular flexibility index (Phi) is 9.24. The molecule has 0 radical (unpaired) electrons. The zero-order valence-electron chi connectivity index (χ0n) is 21.0. The van der Waals surface area contributed by atoms with Crippen molar-refractivity contribution in [1.29, 1.82) is 5.26 Å². The van der Waals surface area contributed by atoms with E-state index in [4.69, 9.17) is 14.5 Å². The monoisotopic (exact) mass is 483 g/mol. The molecular formula is C26H37N5O4. The predicted octanol–water partition coefficient (Wildman–Crippen LogP) is 2.86. The SMILES string of the molecule is CC(C)(C)C[C@H](N=C(NC(=O)OCCN1CCOCC1)c1ccccc1)C(=O)NC1(C#N)CCC1. The molecule has 2 N–H and O–H groups in total. The molecule has 9 nitrogen and oxygen atoms in total.